The first-order valence-electron chi connectivity index (χ1n) is 8.01. The third-order valence-electron chi connectivity index (χ3n) is 2.59. The number of carbonyl (C=O) groups excluding carboxylic acids is 1. The van der Waals surface area contributed by atoms with E-state index < -0.39 is 42.1 Å². The Labute approximate surface area is 140 Å². The molecule has 0 aliphatic carbocycles. The minimum absolute atomic E-state index is 0.00803. The number of rotatable bonds is 4. The van der Waals surface area contributed by atoms with E-state index in [-0.39, 0.29) is 10.6 Å². The summed E-state index contributed by atoms with van der Waals surface area (Å²) in [5, 5.41) is 0.0677. The molecule has 6 heteroatoms. The molecule has 0 fully saturated rings. The molecule has 21 heavy (non-hydrogen) atoms. The lowest BCUT2D eigenvalue weighted by molar-refractivity contribution is 0.103. The predicted molar refractivity (Wildman–Crippen MR) is 80.1 cm³/mol. The van der Waals surface area contributed by atoms with E-state index in [2.05, 4.69) is 20.7 Å². The van der Waals surface area contributed by atoms with Gasteiger partial charge in [0.15, 0.2) is 23.2 Å². The Morgan fingerprint density at radius 3 is 2.67 bits per heavy atom. The monoisotopic (exact) mass is 379 g/mol. The maximum atomic E-state index is 14.2. The lowest BCUT2D eigenvalue weighted by Crippen LogP contribution is -2.06. The molecule has 2 rings (SSSR count). The van der Waals surface area contributed by atoms with Crippen LogP contribution in [0.5, 0.6) is 5.75 Å². The molecule has 0 spiro atoms. The van der Waals surface area contributed by atoms with Crippen LogP contribution in [-0.2, 0) is 0 Å². The van der Waals surface area contributed by atoms with Crippen LogP contribution >= 0.6 is 27.5 Å². The summed E-state index contributed by atoms with van der Waals surface area (Å²) in [4.78, 5) is 12.4. The fourth-order valence-electron chi connectivity index (χ4n) is 1.67. The zero-order chi connectivity index (χ0) is 19.9. The zero-order valence-corrected chi connectivity index (χ0v) is 12.6. The van der Waals surface area contributed by atoms with Gasteiger partial charge >= 0.3 is 0 Å². The fourth-order valence-corrected chi connectivity index (χ4v) is 2.23. The summed E-state index contributed by atoms with van der Waals surface area (Å²) < 4.78 is 68.9. The molecule has 0 N–H and O–H groups in total. The third kappa shape index (κ3) is 3.41. The van der Waals surface area contributed by atoms with Gasteiger partial charge in [0.05, 0.1) is 14.3 Å². The minimum Gasteiger partial charge on any atom is -0.488 e. The Morgan fingerprint density at radius 1 is 1.38 bits per heavy atom. The van der Waals surface area contributed by atoms with Crippen LogP contribution in [0.4, 0.5) is 8.78 Å². The van der Waals surface area contributed by atoms with Crippen molar-refractivity contribution in [2.45, 2.75) is 6.85 Å². The van der Waals surface area contributed by atoms with Crippen LogP contribution in [-0.4, -0.2) is 12.3 Å². The second kappa shape index (κ2) is 6.54. The lowest BCUT2D eigenvalue weighted by Gasteiger charge is -2.09. The maximum absolute atomic E-state index is 14.2. The van der Waals surface area contributed by atoms with Gasteiger partial charge in [0.1, 0.15) is 0 Å². The van der Waals surface area contributed by atoms with Crippen molar-refractivity contribution in [3.63, 3.8) is 0 Å². The van der Waals surface area contributed by atoms with Gasteiger partial charge in [-0.05, 0) is 37.2 Å². The van der Waals surface area contributed by atoms with Crippen LogP contribution in [0.3, 0.4) is 0 Å². The standard InChI is InChI=1S/C15H10BrClF2O2/c1-2-21-15-12(18)5-8(6-13(15)19)14(20)10-7-9(16)3-4-11(10)17/h3-7H,2H2,1H3/i1D3,2D2. The van der Waals surface area contributed by atoms with Crippen molar-refractivity contribution in [2.24, 2.45) is 0 Å². The molecule has 0 atom stereocenters. The highest BCUT2D eigenvalue weighted by Gasteiger charge is 2.19. The first-order valence-corrected chi connectivity index (χ1v) is 6.68. The van der Waals surface area contributed by atoms with Crippen LogP contribution in [0.15, 0.2) is 34.8 Å². The van der Waals surface area contributed by atoms with Gasteiger partial charge in [-0.15, -0.1) is 0 Å². The summed E-state index contributed by atoms with van der Waals surface area (Å²) >= 11 is 9.08. The van der Waals surface area contributed by atoms with Crippen molar-refractivity contribution in [3.8, 4) is 5.75 Å². The number of benzene rings is 2. The summed E-state index contributed by atoms with van der Waals surface area (Å²) in [5.74, 6) is -4.86. The van der Waals surface area contributed by atoms with E-state index in [1.807, 2.05) is 0 Å². The second-order valence-electron chi connectivity index (χ2n) is 3.93. The highest BCUT2D eigenvalue weighted by atomic mass is 79.9. The van der Waals surface area contributed by atoms with Crippen LogP contribution in [0.1, 0.15) is 29.6 Å². The van der Waals surface area contributed by atoms with Gasteiger partial charge in [-0.25, -0.2) is 8.78 Å². The van der Waals surface area contributed by atoms with Crippen molar-refractivity contribution in [2.75, 3.05) is 6.56 Å². The average Bonchev–Trinajstić information content (AvgIpc) is 2.51. The highest BCUT2D eigenvalue weighted by molar-refractivity contribution is 9.10. The fraction of sp³-hybridized carbons (Fsp3) is 0.133. The van der Waals surface area contributed by atoms with Gasteiger partial charge in [0.2, 0.25) is 0 Å². The smallest absolute Gasteiger partial charge is 0.194 e. The van der Waals surface area contributed by atoms with Crippen molar-refractivity contribution in [1.82, 2.24) is 0 Å². The number of ether oxygens (including phenoxy) is 1. The molecule has 0 amide bonds. The summed E-state index contributed by atoms with van der Waals surface area (Å²) in [6.45, 7) is -6.60. The Hall–Kier alpha value is -1.46. The normalized spacial score (nSPS) is 15.3. The molecule has 0 heterocycles. The number of halogens is 4. The largest absolute Gasteiger partial charge is 0.488 e. The molecular weight excluding hydrogens is 366 g/mol. The third-order valence-corrected chi connectivity index (χ3v) is 3.41. The molecule has 110 valence electrons. The SMILES string of the molecule is [2H]C([2H])([2H])C([2H])([2H])Oc1c(F)cc(C(=O)c2cc(Br)ccc2Cl)cc1F. The zero-order valence-electron chi connectivity index (χ0n) is 15.2. The predicted octanol–water partition coefficient (Wildman–Crippen LogP) is 5.01. The summed E-state index contributed by atoms with van der Waals surface area (Å²) in [6, 6.07) is 5.61. The van der Waals surface area contributed by atoms with Crippen LogP contribution < -0.4 is 4.74 Å². The van der Waals surface area contributed by atoms with Gasteiger partial charge in [-0.1, -0.05) is 27.5 Å². The molecule has 0 saturated carbocycles. The first kappa shape index (κ1) is 10.3. The van der Waals surface area contributed by atoms with Crippen molar-refractivity contribution in [3.05, 3.63) is 62.6 Å². The van der Waals surface area contributed by atoms with E-state index in [0.29, 0.717) is 16.6 Å². The Bertz CT molecular complexity index is 851. The first-order chi connectivity index (χ1) is 11.8. The Kier molecular flexibility index (Phi) is 3.21. The topological polar surface area (TPSA) is 26.3 Å². The Balaban J connectivity index is 2.44. The van der Waals surface area contributed by atoms with E-state index in [1.165, 1.54) is 12.1 Å². The minimum atomic E-state index is -3.33. The molecule has 0 saturated heterocycles. The molecule has 0 unspecified atom stereocenters. The summed E-state index contributed by atoms with van der Waals surface area (Å²) in [5.41, 5.74) is -0.409. The summed E-state index contributed by atoms with van der Waals surface area (Å²) in [6.07, 6.45) is 0. The van der Waals surface area contributed by atoms with Gasteiger partial charge in [0, 0.05) is 19.7 Å². The maximum Gasteiger partial charge on any atom is 0.194 e. The van der Waals surface area contributed by atoms with Gasteiger partial charge in [-0.3, -0.25) is 4.79 Å². The average molecular weight is 381 g/mol. The number of hydrogen-bond donors (Lipinski definition) is 0. The molecule has 0 bridgehead atoms. The highest BCUT2D eigenvalue weighted by Crippen LogP contribution is 2.27. The van der Waals surface area contributed by atoms with Gasteiger partial charge in [0.25, 0.3) is 0 Å². The summed E-state index contributed by atoms with van der Waals surface area (Å²) in [7, 11) is 0. The number of carbonyl (C=O) groups is 1. The molecule has 0 radical (unpaired) electrons. The molecule has 0 aromatic heterocycles. The molecule has 0 aliphatic rings. The van der Waals surface area contributed by atoms with Gasteiger partial charge in [-0.2, -0.15) is 0 Å². The van der Waals surface area contributed by atoms with Gasteiger partial charge < -0.3 is 4.74 Å². The van der Waals surface area contributed by atoms with Crippen LogP contribution in [0.25, 0.3) is 0 Å². The van der Waals surface area contributed by atoms with Crippen LogP contribution in [0.2, 0.25) is 5.02 Å². The van der Waals surface area contributed by atoms with E-state index in [1.54, 1.807) is 6.07 Å². The van der Waals surface area contributed by atoms with Crippen molar-refractivity contribution in [1.29, 1.82) is 0 Å². The lowest BCUT2D eigenvalue weighted by atomic mass is 10.0. The van der Waals surface area contributed by atoms with E-state index in [0.717, 1.165) is 0 Å². The van der Waals surface area contributed by atoms with Crippen molar-refractivity contribution < 1.29 is 25.2 Å². The van der Waals surface area contributed by atoms with E-state index in [9.17, 15) is 13.6 Å². The molecule has 2 aromatic rings. The molecule has 2 aromatic carbocycles. The van der Waals surface area contributed by atoms with E-state index in [4.69, 9.17) is 18.5 Å². The number of ketones is 1. The quantitative estimate of drug-likeness (QED) is 0.697. The molecular formula is C15H10BrClF2O2. The Morgan fingerprint density at radius 2 is 2.05 bits per heavy atom. The molecule has 0 aliphatic heterocycles. The second-order valence-corrected chi connectivity index (χ2v) is 5.25. The van der Waals surface area contributed by atoms with E-state index >= 15 is 0 Å². The van der Waals surface area contributed by atoms with Crippen LogP contribution in [0, 0.1) is 11.6 Å². The van der Waals surface area contributed by atoms with Crippen molar-refractivity contribution >= 4 is 33.3 Å². The molecule has 2 nitrogen and oxygen atoms in total. The number of hydrogen-bond acceptors (Lipinski definition) is 2.